The van der Waals surface area contributed by atoms with E-state index in [1.807, 2.05) is 0 Å². The van der Waals surface area contributed by atoms with Crippen LogP contribution in [0.15, 0.2) is 12.7 Å². The van der Waals surface area contributed by atoms with Gasteiger partial charge in [-0.05, 0) is 12.8 Å². The van der Waals surface area contributed by atoms with Crippen LogP contribution in [-0.2, 0) is 0 Å². The topological polar surface area (TPSA) is 12.0 Å². The van der Waals surface area contributed by atoms with E-state index in [1.54, 1.807) is 0 Å². The Balaban J connectivity index is 2.04. The smallest absolute Gasteiger partial charge is 0.0316 e. The van der Waals surface area contributed by atoms with Crippen LogP contribution in [0.4, 0.5) is 0 Å². The van der Waals surface area contributed by atoms with Crippen LogP contribution in [0, 0.1) is 5.41 Å². The van der Waals surface area contributed by atoms with Crippen molar-refractivity contribution in [2.24, 2.45) is 5.41 Å². The van der Waals surface area contributed by atoms with Crippen LogP contribution >= 0.6 is 0 Å². The molecular weight excluding hydrogens is 110 g/mol. The van der Waals surface area contributed by atoms with Crippen molar-refractivity contribution in [2.75, 3.05) is 6.54 Å². The molecule has 1 aliphatic carbocycles. The summed E-state index contributed by atoms with van der Waals surface area (Å²) in [5, 5.41) is 3.37. The summed E-state index contributed by atoms with van der Waals surface area (Å²) in [5.41, 5.74) is 0.682. The zero-order chi connectivity index (χ0) is 6.32. The second kappa shape index (κ2) is 1.60. The number of rotatable bonds is 1. The Labute approximate surface area is 56.1 Å². The summed E-state index contributed by atoms with van der Waals surface area (Å²) < 4.78 is 0. The molecule has 1 heterocycles. The summed E-state index contributed by atoms with van der Waals surface area (Å²) >= 11 is 0. The van der Waals surface area contributed by atoms with Crippen molar-refractivity contribution < 1.29 is 0 Å². The van der Waals surface area contributed by atoms with Crippen molar-refractivity contribution in [3.05, 3.63) is 12.7 Å². The molecule has 1 N–H and O–H groups in total. The van der Waals surface area contributed by atoms with Crippen LogP contribution in [0.5, 0.6) is 0 Å². The molecule has 0 aromatic heterocycles. The first-order valence-electron chi connectivity index (χ1n) is 3.73. The van der Waals surface area contributed by atoms with Gasteiger partial charge < -0.3 is 5.32 Å². The Bertz CT molecular complexity index is 130. The first kappa shape index (κ1) is 5.48. The lowest BCUT2D eigenvalue weighted by molar-refractivity contribution is 0.0204. The second-order valence-corrected chi connectivity index (χ2v) is 3.31. The fourth-order valence-corrected chi connectivity index (χ4v) is 1.96. The maximum atomic E-state index is 3.80. The average Bonchev–Trinajstić information content (AvgIpc) is 1.59. The summed E-state index contributed by atoms with van der Waals surface area (Å²) in [6.45, 7) is 5.04. The predicted molar refractivity (Wildman–Crippen MR) is 38.3 cm³/mol. The van der Waals surface area contributed by atoms with Gasteiger partial charge in [-0.3, -0.25) is 0 Å². The van der Waals surface area contributed by atoms with E-state index < -0.39 is 0 Å². The molecule has 1 aliphatic heterocycles. The van der Waals surface area contributed by atoms with E-state index >= 15 is 0 Å². The zero-order valence-electron chi connectivity index (χ0n) is 5.69. The van der Waals surface area contributed by atoms with Gasteiger partial charge in [0.25, 0.3) is 0 Å². The van der Waals surface area contributed by atoms with Gasteiger partial charge in [0.05, 0.1) is 0 Å². The fourth-order valence-electron chi connectivity index (χ4n) is 1.96. The van der Waals surface area contributed by atoms with E-state index in [4.69, 9.17) is 0 Å². The molecule has 0 aromatic carbocycles. The quantitative estimate of drug-likeness (QED) is 0.518. The molecule has 0 amide bonds. The molecule has 0 unspecified atom stereocenters. The van der Waals surface area contributed by atoms with Gasteiger partial charge >= 0.3 is 0 Å². The van der Waals surface area contributed by atoms with E-state index in [9.17, 15) is 0 Å². The van der Waals surface area contributed by atoms with E-state index in [0.29, 0.717) is 11.5 Å². The molecule has 2 rings (SSSR count). The monoisotopic (exact) mass is 123 g/mol. The van der Waals surface area contributed by atoms with Gasteiger partial charge in [0, 0.05) is 18.0 Å². The second-order valence-electron chi connectivity index (χ2n) is 3.31. The minimum atomic E-state index is 0.645. The van der Waals surface area contributed by atoms with Crippen LogP contribution < -0.4 is 5.32 Å². The first-order chi connectivity index (χ1) is 4.37. The van der Waals surface area contributed by atoms with Gasteiger partial charge in [-0.25, -0.2) is 0 Å². The molecule has 1 nitrogen and oxygen atoms in total. The maximum absolute atomic E-state index is 3.80. The molecule has 50 valence electrons. The van der Waals surface area contributed by atoms with Crippen molar-refractivity contribution in [3.8, 4) is 0 Å². The van der Waals surface area contributed by atoms with E-state index in [-0.39, 0.29) is 0 Å². The van der Waals surface area contributed by atoms with Crippen LogP contribution in [0.2, 0.25) is 0 Å². The third kappa shape index (κ3) is 0.531. The van der Waals surface area contributed by atoms with Gasteiger partial charge in [0.2, 0.25) is 0 Å². The van der Waals surface area contributed by atoms with Gasteiger partial charge in [0.1, 0.15) is 0 Å². The zero-order valence-corrected chi connectivity index (χ0v) is 5.69. The highest BCUT2D eigenvalue weighted by Crippen LogP contribution is 2.48. The average molecular weight is 123 g/mol. The van der Waals surface area contributed by atoms with Crippen LogP contribution in [0.1, 0.15) is 19.3 Å². The molecule has 0 aromatic rings. The molecular formula is C8H13N. The highest BCUT2D eigenvalue weighted by molar-refractivity contribution is 5.12. The van der Waals surface area contributed by atoms with Crippen molar-refractivity contribution in [1.82, 2.24) is 5.32 Å². The van der Waals surface area contributed by atoms with Crippen LogP contribution in [-0.4, -0.2) is 12.6 Å². The number of hydrogen-bond acceptors (Lipinski definition) is 1. The Morgan fingerprint density at radius 2 is 2.33 bits per heavy atom. The Kier molecular flexibility index (Phi) is 0.974. The van der Waals surface area contributed by atoms with E-state index in [0.717, 1.165) is 0 Å². The summed E-state index contributed by atoms with van der Waals surface area (Å²) in [5.74, 6) is 0. The Morgan fingerprint density at radius 1 is 1.56 bits per heavy atom. The number of nitrogens with one attached hydrogen (secondary N) is 1. The fraction of sp³-hybridized carbons (Fsp3) is 0.750. The lowest BCUT2D eigenvalue weighted by Crippen LogP contribution is -2.64. The third-order valence-electron chi connectivity index (χ3n) is 2.92. The molecule has 0 radical (unpaired) electrons. The van der Waals surface area contributed by atoms with Crippen molar-refractivity contribution in [3.63, 3.8) is 0 Å². The molecule has 1 atom stereocenters. The normalized spacial score (nSPS) is 37.1. The molecule has 2 fully saturated rings. The van der Waals surface area contributed by atoms with Crippen LogP contribution in [0.25, 0.3) is 0 Å². The van der Waals surface area contributed by atoms with Gasteiger partial charge in [-0.15, -0.1) is 6.58 Å². The summed E-state index contributed by atoms with van der Waals surface area (Å²) in [4.78, 5) is 0. The standard InChI is InChI=1S/C8H13N/c1-2-7-8(6-9-7)4-3-5-8/h2,7,9H,1,3-6H2/t7-/m0/s1. The van der Waals surface area contributed by atoms with Crippen LogP contribution in [0.3, 0.4) is 0 Å². The largest absolute Gasteiger partial charge is 0.309 e. The van der Waals surface area contributed by atoms with Crippen molar-refractivity contribution in [1.29, 1.82) is 0 Å². The Hall–Kier alpha value is -0.300. The highest BCUT2D eigenvalue weighted by atomic mass is 15.0. The molecule has 1 saturated carbocycles. The summed E-state index contributed by atoms with van der Waals surface area (Å²) in [6, 6.07) is 0.645. The SMILES string of the molecule is C=C[C@@H]1NCC12CCC2. The molecule has 1 saturated heterocycles. The molecule has 0 bridgehead atoms. The lowest BCUT2D eigenvalue weighted by atomic mass is 9.59. The molecule has 9 heavy (non-hydrogen) atoms. The minimum Gasteiger partial charge on any atom is -0.309 e. The molecule has 1 heteroatoms. The maximum Gasteiger partial charge on any atom is 0.0316 e. The highest BCUT2D eigenvalue weighted by Gasteiger charge is 2.48. The summed E-state index contributed by atoms with van der Waals surface area (Å²) in [6.07, 6.45) is 6.35. The van der Waals surface area contributed by atoms with E-state index in [1.165, 1.54) is 25.8 Å². The van der Waals surface area contributed by atoms with Gasteiger partial charge in [-0.1, -0.05) is 12.5 Å². The van der Waals surface area contributed by atoms with Crippen molar-refractivity contribution >= 4 is 0 Å². The Morgan fingerprint density at radius 3 is 2.44 bits per heavy atom. The van der Waals surface area contributed by atoms with Crippen molar-refractivity contribution in [2.45, 2.75) is 25.3 Å². The van der Waals surface area contributed by atoms with Gasteiger partial charge in [0.15, 0.2) is 0 Å². The van der Waals surface area contributed by atoms with E-state index in [2.05, 4.69) is 18.0 Å². The number of hydrogen-bond donors (Lipinski definition) is 1. The third-order valence-corrected chi connectivity index (χ3v) is 2.92. The molecule has 1 spiro atoms. The predicted octanol–water partition coefficient (Wildman–Crippen LogP) is 1.31. The summed E-state index contributed by atoms with van der Waals surface area (Å²) in [7, 11) is 0. The lowest BCUT2D eigenvalue weighted by Gasteiger charge is -2.55. The van der Waals surface area contributed by atoms with Gasteiger partial charge in [-0.2, -0.15) is 0 Å². The minimum absolute atomic E-state index is 0.645. The first-order valence-corrected chi connectivity index (χ1v) is 3.73. The molecule has 2 aliphatic rings.